The largest absolute Gasteiger partial charge is 0.397 e. The average Bonchev–Trinajstić information content (AvgIpc) is 3.21. The summed E-state index contributed by atoms with van der Waals surface area (Å²) in [6.45, 7) is -1.45. The van der Waals surface area contributed by atoms with E-state index in [1.807, 2.05) is 0 Å². The fourth-order valence-electron chi connectivity index (χ4n) is 4.56. The summed E-state index contributed by atoms with van der Waals surface area (Å²) < 4.78 is 167. The predicted octanol–water partition coefficient (Wildman–Crippen LogP) is 5.39. The molecule has 36 heteroatoms. The number of anilines is 2. The molecule has 0 saturated carbocycles. The third-order valence-corrected chi connectivity index (χ3v) is 14.0. The van der Waals surface area contributed by atoms with Crippen LogP contribution in [0.5, 0.6) is 0 Å². The van der Waals surface area contributed by atoms with Gasteiger partial charge in [0.1, 0.15) is 38.2 Å². The maximum Gasteiger partial charge on any atom is 0.397 e. The standard InChI is InChI=1S/C28H28N8O21S7/c29-26-22(34-31-16-1-4-18(5-2-16)60(39,40)11-9-52-59-57-55-38)15-23(35-33-21-13-17(58-56-54-37)3-8-24(21)62(43,44)45)27(30)28(26)36-32-20-7-6-19(14-25(20)63(46,47)48)61(41,42)12-10-53-64(49,50)51/h1-8,13-15,37-38H,9-12,29-30H2,(H,43,44,45)(H,46,47,48)(H,49,50,51)/b34-31+,35-33+,36-32+. The normalized spacial score (nSPS) is 13.1. The predicted molar refractivity (Wildman–Crippen MR) is 217 cm³/mol. The zero-order valence-electron chi connectivity index (χ0n) is 31.1. The lowest BCUT2D eigenvalue weighted by atomic mass is 10.2. The number of hydrogen-bond donors (Lipinski definition) is 7. The van der Waals surface area contributed by atoms with Gasteiger partial charge in [0.2, 0.25) is 0 Å². The van der Waals surface area contributed by atoms with E-state index in [-0.39, 0.29) is 40.1 Å². The van der Waals surface area contributed by atoms with Crippen molar-refractivity contribution in [3.8, 4) is 0 Å². The van der Waals surface area contributed by atoms with Crippen LogP contribution in [0.3, 0.4) is 0 Å². The van der Waals surface area contributed by atoms with Crippen molar-refractivity contribution in [2.24, 2.45) is 30.7 Å². The highest BCUT2D eigenvalue weighted by molar-refractivity contribution is 7.94. The quantitative estimate of drug-likeness (QED) is 0.00931. The Hall–Kier alpha value is -4.71. The first-order valence-corrected chi connectivity index (χ1v) is 25.1. The van der Waals surface area contributed by atoms with Crippen molar-refractivity contribution in [3.05, 3.63) is 66.7 Å². The van der Waals surface area contributed by atoms with Crippen LogP contribution in [0.1, 0.15) is 0 Å². The zero-order valence-corrected chi connectivity index (χ0v) is 36.9. The van der Waals surface area contributed by atoms with Crippen LogP contribution in [0.2, 0.25) is 0 Å². The molecular weight excluding hydrogens is 1010 g/mol. The lowest BCUT2D eigenvalue weighted by Crippen LogP contribution is -2.16. The van der Waals surface area contributed by atoms with Crippen LogP contribution < -0.4 is 11.5 Å². The fraction of sp³-hybridized carbons (Fsp3) is 0.143. The highest BCUT2D eigenvalue weighted by Gasteiger charge is 2.24. The molecular formula is C28H28N8O21S7. The molecule has 0 aliphatic heterocycles. The Labute approximate surface area is 369 Å². The van der Waals surface area contributed by atoms with Gasteiger partial charge in [-0.1, -0.05) is 10.1 Å². The van der Waals surface area contributed by atoms with Gasteiger partial charge in [0.05, 0.1) is 63.6 Å². The van der Waals surface area contributed by atoms with Crippen molar-refractivity contribution < 1.29 is 93.4 Å². The molecule has 0 saturated heterocycles. The molecule has 4 rings (SSSR count). The lowest BCUT2D eigenvalue weighted by molar-refractivity contribution is -0.434. The number of hydrogen-bond acceptors (Lipinski definition) is 28. The molecule has 4 aromatic rings. The second kappa shape index (κ2) is 22.0. The minimum absolute atomic E-state index is 0.0281. The van der Waals surface area contributed by atoms with Crippen molar-refractivity contribution >= 4 is 120 Å². The molecule has 0 spiro atoms. The van der Waals surface area contributed by atoms with Crippen molar-refractivity contribution in [2.45, 2.75) is 24.5 Å². The Morgan fingerprint density at radius 1 is 0.547 bits per heavy atom. The topological polar surface area (TPSA) is 453 Å². The summed E-state index contributed by atoms with van der Waals surface area (Å²) in [4.78, 5) is -2.81. The van der Waals surface area contributed by atoms with Gasteiger partial charge in [-0.2, -0.15) is 30.4 Å². The molecule has 0 amide bonds. The number of azo groups is 3. The molecule has 29 nitrogen and oxygen atoms in total. The van der Waals surface area contributed by atoms with Gasteiger partial charge in [-0.05, 0) is 66.7 Å². The van der Waals surface area contributed by atoms with E-state index in [0.717, 1.165) is 36.4 Å². The van der Waals surface area contributed by atoms with Gasteiger partial charge in [-0.3, -0.25) is 17.8 Å². The smallest absolute Gasteiger partial charge is 0.395 e. The maximum atomic E-state index is 12.8. The molecule has 0 radical (unpaired) electrons. The highest BCUT2D eigenvalue weighted by Crippen LogP contribution is 2.46. The van der Waals surface area contributed by atoms with Crippen LogP contribution >= 0.6 is 24.4 Å². The van der Waals surface area contributed by atoms with Crippen LogP contribution in [0.25, 0.3) is 0 Å². The molecule has 0 bridgehead atoms. The summed E-state index contributed by atoms with van der Waals surface area (Å²) >= 11 is 0.555. The van der Waals surface area contributed by atoms with E-state index in [9.17, 15) is 51.2 Å². The second-order valence-corrected chi connectivity index (χ2v) is 20.9. The van der Waals surface area contributed by atoms with E-state index < -0.39 is 117 Å². The average molecular weight is 1040 g/mol. The van der Waals surface area contributed by atoms with Crippen LogP contribution in [0.4, 0.5) is 45.5 Å². The van der Waals surface area contributed by atoms with Gasteiger partial charge in [0.15, 0.2) is 32.0 Å². The van der Waals surface area contributed by atoms with Crippen LogP contribution in [0, 0.1) is 0 Å². The van der Waals surface area contributed by atoms with E-state index in [4.69, 9.17) is 30.7 Å². The Balaban J connectivity index is 1.83. The van der Waals surface area contributed by atoms with Gasteiger partial charge < -0.3 is 11.5 Å². The van der Waals surface area contributed by atoms with E-state index in [1.54, 1.807) is 0 Å². The summed E-state index contributed by atoms with van der Waals surface area (Å²) in [6, 6.07) is 10.9. The number of benzene rings is 4. The molecule has 0 aromatic heterocycles. The minimum Gasteiger partial charge on any atom is -0.395 e. The SMILES string of the molecule is Nc1c(/N=N/c2ccc(S(=O)(=O)CCOSOOO)cc2)cc(/N=N/c2cc(SOOO)ccc2S(=O)(=O)O)c(N)c1/N=N/c1ccc(S(=O)(=O)CCOS(=O)(=O)O)cc1S(=O)(=O)O. The summed E-state index contributed by atoms with van der Waals surface area (Å²) in [5.74, 6) is -1.60. The second-order valence-electron chi connectivity index (χ2n) is 11.5. The van der Waals surface area contributed by atoms with Crippen LogP contribution in [0.15, 0.2) is 122 Å². The molecule has 0 aliphatic carbocycles. The molecule has 0 atom stereocenters. The maximum absolute atomic E-state index is 12.8. The Bertz CT molecular complexity index is 3010. The molecule has 4 aromatic carbocycles. The van der Waals surface area contributed by atoms with Gasteiger partial charge in [-0.15, -0.1) is 34.2 Å². The third kappa shape index (κ3) is 14.9. The van der Waals surface area contributed by atoms with Gasteiger partial charge in [-0.25, -0.2) is 31.5 Å². The first-order chi connectivity index (χ1) is 29.9. The summed E-state index contributed by atoms with van der Waals surface area (Å²) in [5, 5.41) is 46.8. The van der Waals surface area contributed by atoms with Crippen molar-refractivity contribution in [1.82, 2.24) is 0 Å². The summed E-state index contributed by atoms with van der Waals surface area (Å²) in [7, 11) is -23.7. The minimum atomic E-state index is -5.31. The molecule has 0 fully saturated rings. The summed E-state index contributed by atoms with van der Waals surface area (Å²) in [6.07, 6.45) is 0. The van der Waals surface area contributed by atoms with E-state index in [0.29, 0.717) is 18.1 Å². The highest BCUT2D eigenvalue weighted by atomic mass is 32.3. The Morgan fingerprint density at radius 3 is 1.69 bits per heavy atom. The number of nitrogens with two attached hydrogens (primary N) is 2. The zero-order chi connectivity index (χ0) is 47.5. The monoisotopic (exact) mass is 1040 g/mol. The molecule has 0 aliphatic rings. The lowest BCUT2D eigenvalue weighted by Gasteiger charge is -2.10. The number of nitrogens with zero attached hydrogens (tertiary/aromatic N) is 6. The molecule has 0 heterocycles. The first kappa shape index (κ1) is 51.9. The number of sulfone groups is 2. The number of nitrogen functional groups attached to an aromatic ring is 2. The van der Waals surface area contributed by atoms with Gasteiger partial charge in [0.25, 0.3) is 20.2 Å². The Morgan fingerprint density at radius 2 is 1.09 bits per heavy atom. The van der Waals surface area contributed by atoms with E-state index >= 15 is 0 Å². The van der Waals surface area contributed by atoms with Gasteiger partial charge in [0, 0.05) is 4.90 Å². The van der Waals surface area contributed by atoms with Crippen molar-refractivity contribution in [3.63, 3.8) is 0 Å². The summed E-state index contributed by atoms with van der Waals surface area (Å²) in [5.41, 5.74) is 9.08. The van der Waals surface area contributed by atoms with E-state index in [1.165, 1.54) is 24.3 Å². The fourth-order valence-corrected chi connectivity index (χ4v) is 9.20. The molecule has 0 unspecified atom stereocenters. The third-order valence-electron chi connectivity index (χ3n) is 7.39. The molecule has 64 heavy (non-hydrogen) atoms. The van der Waals surface area contributed by atoms with Crippen LogP contribution in [-0.2, 0) is 77.4 Å². The van der Waals surface area contributed by atoms with Crippen molar-refractivity contribution in [1.29, 1.82) is 0 Å². The first-order valence-electron chi connectivity index (χ1n) is 16.1. The molecule has 9 N–H and O–H groups in total. The van der Waals surface area contributed by atoms with Crippen molar-refractivity contribution in [2.75, 3.05) is 36.2 Å². The van der Waals surface area contributed by atoms with Crippen LogP contribution in [-0.4, -0.2) is 91.0 Å². The van der Waals surface area contributed by atoms with E-state index in [2.05, 4.69) is 53.6 Å². The Kier molecular flexibility index (Phi) is 17.8. The number of rotatable bonds is 23. The van der Waals surface area contributed by atoms with Gasteiger partial charge >= 0.3 is 10.4 Å². The molecule has 348 valence electrons.